The number of nitrogens with one attached hydrogen (secondary N) is 2. The molecule has 2 saturated heterocycles. The third-order valence-electron chi connectivity index (χ3n) is 7.29. The zero-order valence-corrected chi connectivity index (χ0v) is 21.7. The van der Waals surface area contributed by atoms with Crippen LogP contribution in [-0.4, -0.2) is 71.3 Å². The van der Waals surface area contributed by atoms with E-state index in [2.05, 4.69) is 31.5 Å². The van der Waals surface area contributed by atoms with E-state index in [1.807, 2.05) is 30.6 Å². The van der Waals surface area contributed by atoms with E-state index < -0.39 is 5.92 Å². The highest BCUT2D eigenvalue weighted by Crippen LogP contribution is 2.30. The van der Waals surface area contributed by atoms with Gasteiger partial charge in [0.25, 0.3) is 17.6 Å². The summed E-state index contributed by atoms with van der Waals surface area (Å²) in [6, 6.07) is 11.4. The van der Waals surface area contributed by atoms with E-state index in [9.17, 15) is 13.6 Å². The number of aromatic amines is 1. The summed E-state index contributed by atoms with van der Waals surface area (Å²) in [5.74, 6) is -2.48. The SMILES string of the molecule is C[n+]1ccc(NC(=O)c2n[nH]c3ccc(-c4cncc(CN5CCOCC5)c4)cc23)cc1N1CCC(F)(F)C1. The summed E-state index contributed by atoms with van der Waals surface area (Å²) in [4.78, 5) is 21.7. The Morgan fingerprint density at radius 3 is 2.77 bits per heavy atom. The Balaban J connectivity index is 1.23. The number of hydrogen-bond donors (Lipinski definition) is 2. The van der Waals surface area contributed by atoms with Crippen molar-refractivity contribution in [2.45, 2.75) is 18.9 Å². The number of nitrogens with zero attached hydrogens (tertiary/aromatic N) is 5. The van der Waals surface area contributed by atoms with Gasteiger partial charge in [-0.05, 0) is 29.3 Å². The monoisotopic (exact) mass is 534 g/mol. The van der Waals surface area contributed by atoms with Gasteiger partial charge in [0.05, 0.1) is 56.7 Å². The van der Waals surface area contributed by atoms with Crippen molar-refractivity contribution in [2.24, 2.45) is 7.05 Å². The third-order valence-corrected chi connectivity index (χ3v) is 7.29. The van der Waals surface area contributed by atoms with Crippen molar-refractivity contribution < 1.29 is 22.9 Å². The lowest BCUT2D eigenvalue weighted by Crippen LogP contribution is -2.39. The van der Waals surface area contributed by atoms with Crippen LogP contribution in [0.25, 0.3) is 22.0 Å². The van der Waals surface area contributed by atoms with Crippen LogP contribution in [0.1, 0.15) is 22.5 Å². The number of carbonyl (C=O) groups excluding carboxylic acids is 1. The maximum absolute atomic E-state index is 13.8. The Labute approximate surface area is 224 Å². The topological polar surface area (TPSA) is 90.3 Å². The van der Waals surface area contributed by atoms with Crippen LogP contribution in [0.15, 0.2) is 55.0 Å². The summed E-state index contributed by atoms with van der Waals surface area (Å²) in [6.07, 6.45) is 5.26. The van der Waals surface area contributed by atoms with E-state index in [1.54, 1.807) is 34.8 Å². The molecule has 0 spiro atoms. The number of rotatable bonds is 6. The van der Waals surface area contributed by atoms with Crippen LogP contribution in [0.4, 0.5) is 20.3 Å². The highest BCUT2D eigenvalue weighted by Gasteiger charge is 2.43. The van der Waals surface area contributed by atoms with E-state index in [0.717, 1.165) is 55.1 Å². The van der Waals surface area contributed by atoms with E-state index in [1.165, 1.54) is 0 Å². The number of hydrogen-bond acceptors (Lipinski definition) is 6. The molecule has 0 aliphatic carbocycles. The van der Waals surface area contributed by atoms with Crippen molar-refractivity contribution >= 4 is 28.3 Å². The maximum atomic E-state index is 13.8. The summed E-state index contributed by atoms with van der Waals surface area (Å²) in [6.45, 7) is 4.00. The van der Waals surface area contributed by atoms with Crippen molar-refractivity contribution in [3.8, 4) is 11.1 Å². The van der Waals surface area contributed by atoms with Crippen molar-refractivity contribution in [3.05, 3.63) is 66.2 Å². The van der Waals surface area contributed by atoms with Gasteiger partial charge in [-0.1, -0.05) is 6.07 Å². The molecule has 0 bridgehead atoms. The van der Waals surface area contributed by atoms with Gasteiger partial charge >= 0.3 is 0 Å². The summed E-state index contributed by atoms with van der Waals surface area (Å²) >= 11 is 0. The van der Waals surface area contributed by atoms with Crippen LogP contribution >= 0.6 is 0 Å². The minimum Gasteiger partial charge on any atom is -0.379 e. The molecule has 0 unspecified atom stereocenters. The van der Waals surface area contributed by atoms with Gasteiger partial charge < -0.3 is 10.1 Å². The fourth-order valence-electron chi connectivity index (χ4n) is 5.19. The molecule has 5 heterocycles. The van der Waals surface area contributed by atoms with Crippen molar-refractivity contribution in [1.29, 1.82) is 0 Å². The van der Waals surface area contributed by atoms with Crippen LogP contribution in [0.5, 0.6) is 0 Å². The second-order valence-electron chi connectivity index (χ2n) is 10.2. The van der Waals surface area contributed by atoms with E-state index >= 15 is 0 Å². The number of pyridine rings is 2. The molecular weight excluding hydrogens is 504 g/mol. The third kappa shape index (κ3) is 5.45. The molecule has 2 aliphatic rings. The van der Waals surface area contributed by atoms with Crippen molar-refractivity contribution in [2.75, 3.05) is 49.6 Å². The van der Waals surface area contributed by atoms with Crippen molar-refractivity contribution in [1.82, 2.24) is 20.1 Å². The summed E-state index contributed by atoms with van der Waals surface area (Å²) in [5, 5.41) is 10.8. The van der Waals surface area contributed by atoms with E-state index in [4.69, 9.17) is 4.74 Å². The lowest BCUT2D eigenvalue weighted by molar-refractivity contribution is -0.658. The molecule has 1 aromatic carbocycles. The molecule has 0 atom stereocenters. The first-order valence-corrected chi connectivity index (χ1v) is 13.0. The van der Waals surface area contributed by atoms with Crippen molar-refractivity contribution in [3.63, 3.8) is 0 Å². The summed E-state index contributed by atoms with van der Waals surface area (Å²) in [7, 11) is 1.80. The Kier molecular flexibility index (Phi) is 6.69. The second kappa shape index (κ2) is 10.3. The minimum atomic E-state index is -2.71. The van der Waals surface area contributed by atoms with E-state index in [0.29, 0.717) is 16.9 Å². The van der Waals surface area contributed by atoms with Crippen LogP contribution < -0.4 is 14.8 Å². The molecule has 3 aromatic heterocycles. The molecule has 0 radical (unpaired) electrons. The number of carbonyl (C=O) groups is 1. The van der Waals surface area contributed by atoms with Gasteiger partial charge in [0.1, 0.15) is 6.54 Å². The first-order chi connectivity index (χ1) is 18.8. The Bertz CT molecular complexity index is 1520. The number of halogens is 2. The number of aryl methyl sites for hydroxylation is 1. The van der Waals surface area contributed by atoms with Gasteiger partial charge in [0.2, 0.25) is 0 Å². The number of H-pyrrole nitrogens is 1. The molecule has 1 amide bonds. The molecule has 2 fully saturated rings. The molecule has 9 nitrogen and oxygen atoms in total. The van der Waals surface area contributed by atoms with Crippen LogP contribution in [-0.2, 0) is 18.3 Å². The molecule has 2 aliphatic heterocycles. The fourth-order valence-corrected chi connectivity index (χ4v) is 5.19. The van der Waals surface area contributed by atoms with Gasteiger partial charge in [-0.3, -0.25) is 24.7 Å². The number of ether oxygens (including phenoxy) is 1. The highest BCUT2D eigenvalue weighted by molar-refractivity contribution is 6.11. The predicted molar refractivity (Wildman–Crippen MR) is 143 cm³/mol. The molecular formula is C28H30F2N7O2+. The molecule has 2 N–H and O–H groups in total. The Morgan fingerprint density at radius 2 is 1.97 bits per heavy atom. The second-order valence-corrected chi connectivity index (χ2v) is 10.2. The zero-order valence-electron chi connectivity index (χ0n) is 21.7. The number of anilines is 2. The zero-order chi connectivity index (χ0) is 27.0. The molecule has 202 valence electrons. The number of aromatic nitrogens is 4. The number of amides is 1. The lowest BCUT2D eigenvalue weighted by atomic mass is 10.0. The van der Waals surface area contributed by atoms with Crippen LogP contribution in [0.3, 0.4) is 0 Å². The number of benzene rings is 1. The number of alkyl halides is 2. The van der Waals surface area contributed by atoms with Gasteiger partial charge in [-0.15, -0.1) is 0 Å². The summed E-state index contributed by atoms with van der Waals surface area (Å²) in [5.41, 5.74) is 4.50. The summed E-state index contributed by atoms with van der Waals surface area (Å²) < 4.78 is 34.8. The van der Waals surface area contributed by atoms with Gasteiger partial charge in [0, 0.05) is 49.0 Å². The molecule has 4 aromatic rings. The number of morpholine rings is 1. The first-order valence-electron chi connectivity index (χ1n) is 13.0. The largest absolute Gasteiger partial charge is 0.379 e. The highest BCUT2D eigenvalue weighted by atomic mass is 19.3. The smallest absolute Gasteiger partial charge is 0.288 e. The minimum absolute atomic E-state index is 0.184. The normalized spacial score (nSPS) is 17.6. The fraction of sp³-hybridized carbons (Fsp3) is 0.357. The molecule has 0 saturated carbocycles. The quantitative estimate of drug-likeness (QED) is 0.369. The Morgan fingerprint density at radius 1 is 1.13 bits per heavy atom. The van der Waals surface area contributed by atoms with E-state index in [-0.39, 0.29) is 31.1 Å². The average molecular weight is 535 g/mol. The average Bonchev–Trinajstić information content (AvgIpc) is 3.53. The van der Waals surface area contributed by atoms with Gasteiger partial charge in [-0.2, -0.15) is 5.10 Å². The first kappa shape index (κ1) is 25.3. The standard InChI is InChI=1S/C28H29F2N7O2/c1-35-6-4-22(14-25(35)37-7-5-28(29,30)18-37)32-27(38)26-23-13-20(2-3-24(23)33-34-26)21-12-19(15-31-16-21)17-36-8-10-39-11-9-36/h2-4,6,12-16H,5,7-11,17-18H2,1H3,(H,33,34,38)/p+1. The molecule has 6 rings (SSSR count). The van der Waals surface area contributed by atoms with Crippen LogP contribution in [0, 0.1) is 0 Å². The van der Waals surface area contributed by atoms with Gasteiger partial charge in [-0.25, -0.2) is 13.3 Å². The number of fused-ring (bicyclic) bond motifs is 1. The van der Waals surface area contributed by atoms with Crippen LogP contribution in [0.2, 0.25) is 0 Å². The lowest BCUT2D eigenvalue weighted by Gasteiger charge is -2.26. The predicted octanol–water partition coefficient (Wildman–Crippen LogP) is 3.38. The van der Waals surface area contributed by atoms with Gasteiger partial charge in [0.15, 0.2) is 5.69 Å². The molecule has 11 heteroatoms. The molecule has 39 heavy (non-hydrogen) atoms. The maximum Gasteiger partial charge on any atom is 0.288 e. The Hall–Kier alpha value is -3.96.